The summed E-state index contributed by atoms with van der Waals surface area (Å²) in [5.41, 5.74) is 13.5. The fraction of sp³-hybridized carbons (Fsp3) is 0. The lowest BCUT2D eigenvalue weighted by molar-refractivity contribution is 1.31. The molecule has 2 rings (SSSR count). The Balaban J connectivity index is 2.53. The topological polar surface area (TPSA) is 80.7 Å². The Hall–Kier alpha value is -1.97. The number of rotatable bonds is 1. The molecule has 4 nitrogen and oxygen atoms in total. The van der Waals surface area contributed by atoms with Gasteiger partial charge in [0.1, 0.15) is 5.82 Å². The van der Waals surface area contributed by atoms with Crippen molar-refractivity contribution in [2.24, 2.45) is 0 Å². The Bertz CT molecular complexity index is 385. The molecule has 0 amide bonds. The molecule has 5 N–H and O–H groups in total. The maximum atomic E-state index is 5.64. The van der Waals surface area contributed by atoms with Crippen LogP contribution in [0.25, 0.3) is 11.4 Å². The second-order valence-electron chi connectivity index (χ2n) is 2.83. The molecular formula is C9H10N4. The molecular weight excluding hydrogens is 164 g/mol. The van der Waals surface area contributed by atoms with Gasteiger partial charge < -0.3 is 16.5 Å². The third kappa shape index (κ3) is 1.46. The molecule has 2 aromatic rings. The summed E-state index contributed by atoms with van der Waals surface area (Å²) in [6, 6.07) is 5.37. The first-order valence-electron chi connectivity index (χ1n) is 3.91. The Morgan fingerprint density at radius 2 is 1.77 bits per heavy atom. The Labute approximate surface area is 75.6 Å². The number of hydrogen-bond acceptors (Lipinski definition) is 3. The van der Waals surface area contributed by atoms with Crippen LogP contribution in [0.3, 0.4) is 0 Å². The van der Waals surface area contributed by atoms with E-state index in [1.165, 1.54) is 0 Å². The predicted molar refractivity (Wildman–Crippen MR) is 52.8 cm³/mol. The van der Waals surface area contributed by atoms with Crippen molar-refractivity contribution in [2.45, 2.75) is 0 Å². The molecule has 1 aromatic carbocycles. The molecule has 0 atom stereocenters. The molecule has 66 valence electrons. The van der Waals surface area contributed by atoms with E-state index in [1.807, 2.05) is 12.1 Å². The number of H-pyrrole nitrogens is 1. The van der Waals surface area contributed by atoms with Crippen LogP contribution in [0, 0.1) is 0 Å². The average Bonchev–Trinajstić information content (AvgIpc) is 2.53. The van der Waals surface area contributed by atoms with Gasteiger partial charge in [-0.15, -0.1) is 0 Å². The van der Waals surface area contributed by atoms with E-state index < -0.39 is 0 Å². The van der Waals surface area contributed by atoms with E-state index in [1.54, 1.807) is 18.5 Å². The number of aromatic amines is 1. The second kappa shape index (κ2) is 2.82. The molecule has 0 spiro atoms. The molecule has 0 unspecified atom stereocenters. The number of nitrogens with zero attached hydrogens (tertiary/aromatic N) is 1. The lowest BCUT2D eigenvalue weighted by Gasteiger charge is -2.01. The average molecular weight is 174 g/mol. The van der Waals surface area contributed by atoms with Gasteiger partial charge in [-0.1, -0.05) is 0 Å². The lowest BCUT2D eigenvalue weighted by Crippen LogP contribution is -1.91. The highest BCUT2D eigenvalue weighted by Crippen LogP contribution is 2.21. The van der Waals surface area contributed by atoms with Crippen LogP contribution in [0.5, 0.6) is 0 Å². The summed E-state index contributed by atoms with van der Waals surface area (Å²) in [7, 11) is 0. The Kier molecular flexibility index (Phi) is 1.66. The standard InChI is InChI=1S/C9H10N4/c10-7-3-6(4-8(11)5-7)9-12-1-2-13-9/h1-5H,10-11H2,(H,12,13). The molecule has 0 bridgehead atoms. The summed E-state index contributed by atoms with van der Waals surface area (Å²) < 4.78 is 0. The van der Waals surface area contributed by atoms with E-state index in [4.69, 9.17) is 11.5 Å². The largest absolute Gasteiger partial charge is 0.399 e. The number of nitrogens with two attached hydrogens (primary N) is 2. The highest BCUT2D eigenvalue weighted by molar-refractivity contribution is 5.67. The molecule has 13 heavy (non-hydrogen) atoms. The van der Waals surface area contributed by atoms with Gasteiger partial charge in [-0.3, -0.25) is 0 Å². The third-order valence-electron chi connectivity index (χ3n) is 1.75. The van der Waals surface area contributed by atoms with E-state index in [0.717, 1.165) is 11.4 Å². The summed E-state index contributed by atoms with van der Waals surface area (Å²) in [5.74, 6) is 0.777. The minimum atomic E-state index is 0.645. The summed E-state index contributed by atoms with van der Waals surface area (Å²) >= 11 is 0. The molecule has 1 heterocycles. The number of hydrogen-bond donors (Lipinski definition) is 3. The molecule has 1 aromatic heterocycles. The maximum absolute atomic E-state index is 5.64. The van der Waals surface area contributed by atoms with Gasteiger partial charge in [-0.05, 0) is 18.2 Å². The van der Waals surface area contributed by atoms with Crippen molar-refractivity contribution in [1.29, 1.82) is 0 Å². The van der Waals surface area contributed by atoms with Crippen molar-refractivity contribution in [1.82, 2.24) is 9.97 Å². The number of nitrogen functional groups attached to an aromatic ring is 2. The van der Waals surface area contributed by atoms with Gasteiger partial charge >= 0.3 is 0 Å². The Morgan fingerprint density at radius 1 is 1.08 bits per heavy atom. The van der Waals surface area contributed by atoms with Crippen LogP contribution in [0.2, 0.25) is 0 Å². The van der Waals surface area contributed by atoms with E-state index in [0.29, 0.717) is 11.4 Å². The van der Waals surface area contributed by atoms with Crippen LogP contribution in [0.1, 0.15) is 0 Å². The van der Waals surface area contributed by atoms with Gasteiger partial charge in [0.25, 0.3) is 0 Å². The third-order valence-corrected chi connectivity index (χ3v) is 1.75. The molecule has 0 saturated carbocycles. The van der Waals surface area contributed by atoms with E-state index in [9.17, 15) is 0 Å². The zero-order valence-corrected chi connectivity index (χ0v) is 6.99. The zero-order chi connectivity index (χ0) is 9.26. The van der Waals surface area contributed by atoms with Gasteiger partial charge in [-0.2, -0.15) is 0 Å². The summed E-state index contributed by atoms with van der Waals surface area (Å²) in [6.45, 7) is 0. The number of aromatic nitrogens is 2. The second-order valence-corrected chi connectivity index (χ2v) is 2.83. The molecule has 0 aliphatic heterocycles. The fourth-order valence-corrected chi connectivity index (χ4v) is 1.24. The van der Waals surface area contributed by atoms with Crippen molar-refractivity contribution >= 4 is 11.4 Å². The van der Waals surface area contributed by atoms with E-state index in [-0.39, 0.29) is 0 Å². The first-order valence-corrected chi connectivity index (χ1v) is 3.91. The van der Waals surface area contributed by atoms with E-state index >= 15 is 0 Å². The van der Waals surface area contributed by atoms with Crippen molar-refractivity contribution in [2.75, 3.05) is 11.5 Å². The predicted octanol–water partition coefficient (Wildman–Crippen LogP) is 1.24. The Morgan fingerprint density at radius 3 is 2.31 bits per heavy atom. The minimum absolute atomic E-state index is 0.645. The highest BCUT2D eigenvalue weighted by Gasteiger charge is 2.01. The fourth-order valence-electron chi connectivity index (χ4n) is 1.24. The molecule has 0 radical (unpaired) electrons. The van der Waals surface area contributed by atoms with Gasteiger partial charge in [0, 0.05) is 29.3 Å². The highest BCUT2D eigenvalue weighted by atomic mass is 14.9. The van der Waals surface area contributed by atoms with Crippen LogP contribution >= 0.6 is 0 Å². The molecule has 0 aliphatic rings. The minimum Gasteiger partial charge on any atom is -0.399 e. The maximum Gasteiger partial charge on any atom is 0.137 e. The van der Waals surface area contributed by atoms with Crippen molar-refractivity contribution < 1.29 is 0 Å². The summed E-state index contributed by atoms with van der Waals surface area (Å²) in [4.78, 5) is 7.09. The number of benzene rings is 1. The van der Waals surface area contributed by atoms with Crippen molar-refractivity contribution in [3.8, 4) is 11.4 Å². The van der Waals surface area contributed by atoms with Gasteiger partial charge in [0.15, 0.2) is 0 Å². The quantitative estimate of drug-likeness (QED) is 0.569. The monoisotopic (exact) mass is 174 g/mol. The summed E-state index contributed by atoms with van der Waals surface area (Å²) in [5, 5.41) is 0. The van der Waals surface area contributed by atoms with Crippen molar-refractivity contribution in [3.63, 3.8) is 0 Å². The van der Waals surface area contributed by atoms with Gasteiger partial charge in [0.05, 0.1) is 0 Å². The number of nitrogens with one attached hydrogen (secondary N) is 1. The van der Waals surface area contributed by atoms with Gasteiger partial charge in [-0.25, -0.2) is 4.98 Å². The van der Waals surface area contributed by atoms with Crippen LogP contribution in [-0.4, -0.2) is 9.97 Å². The van der Waals surface area contributed by atoms with E-state index in [2.05, 4.69) is 9.97 Å². The normalized spacial score (nSPS) is 10.2. The molecule has 0 saturated heterocycles. The molecule has 0 fully saturated rings. The molecule has 0 aliphatic carbocycles. The van der Waals surface area contributed by atoms with Crippen LogP contribution in [0.4, 0.5) is 11.4 Å². The van der Waals surface area contributed by atoms with Crippen LogP contribution < -0.4 is 11.5 Å². The van der Waals surface area contributed by atoms with Crippen molar-refractivity contribution in [3.05, 3.63) is 30.6 Å². The van der Waals surface area contributed by atoms with Gasteiger partial charge in [0.2, 0.25) is 0 Å². The SMILES string of the molecule is Nc1cc(N)cc(-c2ncc[nH]2)c1. The van der Waals surface area contributed by atoms with Crippen LogP contribution in [-0.2, 0) is 0 Å². The zero-order valence-electron chi connectivity index (χ0n) is 6.99. The first-order chi connectivity index (χ1) is 6.25. The van der Waals surface area contributed by atoms with Crippen LogP contribution in [0.15, 0.2) is 30.6 Å². The smallest absolute Gasteiger partial charge is 0.137 e. The number of imidazole rings is 1. The molecule has 4 heteroatoms. The first kappa shape index (κ1) is 7.67. The lowest BCUT2D eigenvalue weighted by atomic mass is 10.1. The number of anilines is 2. The summed E-state index contributed by atoms with van der Waals surface area (Å²) in [6.07, 6.45) is 3.45.